The lowest BCUT2D eigenvalue weighted by atomic mass is 10.1. The Morgan fingerprint density at radius 3 is 2.46 bits per heavy atom. The van der Waals surface area contributed by atoms with E-state index in [0.29, 0.717) is 5.69 Å². The highest BCUT2D eigenvalue weighted by Gasteiger charge is 2.34. The largest absolute Gasteiger partial charge is 0.868 e. The van der Waals surface area contributed by atoms with Crippen LogP contribution in [0.15, 0.2) is 54.2 Å². The van der Waals surface area contributed by atoms with Crippen LogP contribution in [0.5, 0.6) is 5.75 Å². The summed E-state index contributed by atoms with van der Waals surface area (Å²) in [4.78, 5) is 35.4. The number of benzene rings is 2. The summed E-state index contributed by atoms with van der Waals surface area (Å²) in [7, 11) is 0. The highest BCUT2D eigenvalue weighted by Crippen LogP contribution is 2.26. The fourth-order valence-electron chi connectivity index (χ4n) is 2.28. The first-order valence-corrected chi connectivity index (χ1v) is 6.85. The molecule has 120 valence electrons. The predicted molar refractivity (Wildman–Crippen MR) is 83.0 cm³/mol. The molecule has 1 aliphatic rings. The van der Waals surface area contributed by atoms with Crippen LogP contribution in [0.25, 0.3) is 6.08 Å². The molecule has 2 aromatic rings. The molecule has 1 aliphatic heterocycles. The Balaban J connectivity index is 1.95. The van der Waals surface area contributed by atoms with E-state index < -0.39 is 28.3 Å². The molecule has 0 radical (unpaired) electrons. The zero-order valence-corrected chi connectivity index (χ0v) is 12.1. The summed E-state index contributed by atoms with van der Waals surface area (Å²) >= 11 is 0. The molecule has 0 atom stereocenters. The Morgan fingerprint density at radius 1 is 1.08 bits per heavy atom. The Labute approximate surface area is 135 Å². The molecule has 1 fully saturated rings. The van der Waals surface area contributed by atoms with E-state index >= 15 is 0 Å². The average Bonchev–Trinajstić information content (AvgIpc) is 2.83. The zero-order chi connectivity index (χ0) is 17.3. The van der Waals surface area contributed by atoms with E-state index in [1.165, 1.54) is 12.1 Å². The van der Waals surface area contributed by atoms with E-state index in [-0.39, 0.29) is 11.3 Å². The van der Waals surface area contributed by atoms with Crippen molar-refractivity contribution in [2.24, 2.45) is 0 Å². The molecule has 0 spiro atoms. The molecule has 0 aromatic heterocycles. The fraction of sp³-hybridized carbons (Fsp3) is 0. The summed E-state index contributed by atoms with van der Waals surface area (Å²) in [5, 5.41) is 24.6. The number of rotatable bonds is 3. The molecule has 1 heterocycles. The first-order valence-electron chi connectivity index (χ1n) is 6.85. The summed E-state index contributed by atoms with van der Waals surface area (Å²) in [6.45, 7) is 0. The van der Waals surface area contributed by atoms with Crippen LogP contribution >= 0.6 is 0 Å². The molecule has 0 aliphatic carbocycles. The van der Waals surface area contributed by atoms with E-state index in [0.717, 1.165) is 17.0 Å². The van der Waals surface area contributed by atoms with Crippen molar-refractivity contribution in [1.82, 2.24) is 5.32 Å². The highest BCUT2D eigenvalue weighted by molar-refractivity contribution is 6.28. The third kappa shape index (κ3) is 2.68. The number of anilines is 1. The van der Waals surface area contributed by atoms with E-state index in [9.17, 15) is 24.8 Å². The molecule has 0 bridgehead atoms. The Hall–Kier alpha value is -3.68. The first kappa shape index (κ1) is 15.2. The molecule has 3 rings (SSSR count). The van der Waals surface area contributed by atoms with Gasteiger partial charge in [-0.25, -0.2) is 9.69 Å². The molecular formula is C16H10N3O5-. The standard InChI is InChI=1S/C16H11N3O5/c20-14-7-6-10(9-13(14)19(23)24)8-12-15(21)18(16(22)17-12)11-4-2-1-3-5-11/h1-9,20H,(H,17,22)/p-1/b12-8+. The van der Waals surface area contributed by atoms with Gasteiger partial charge in [0, 0.05) is 6.07 Å². The van der Waals surface area contributed by atoms with Gasteiger partial charge in [-0.15, -0.1) is 0 Å². The lowest BCUT2D eigenvalue weighted by molar-refractivity contribution is -0.398. The van der Waals surface area contributed by atoms with Gasteiger partial charge in [0.2, 0.25) is 0 Å². The molecule has 0 unspecified atom stereocenters. The van der Waals surface area contributed by atoms with Crippen LogP contribution in [0.1, 0.15) is 5.56 Å². The van der Waals surface area contributed by atoms with Crippen LogP contribution in [0.2, 0.25) is 0 Å². The smallest absolute Gasteiger partial charge is 0.333 e. The number of amides is 3. The Kier molecular flexibility index (Phi) is 3.70. The van der Waals surface area contributed by atoms with Crippen molar-refractivity contribution < 1.29 is 19.6 Å². The van der Waals surface area contributed by atoms with Crippen LogP contribution in [0.4, 0.5) is 16.2 Å². The minimum absolute atomic E-state index is 0.0307. The number of carbonyl (C=O) groups is 2. The average molecular weight is 324 g/mol. The van der Waals surface area contributed by atoms with Crippen LogP contribution in [0.3, 0.4) is 0 Å². The number of nitrogens with zero attached hydrogens (tertiary/aromatic N) is 2. The third-order valence-electron chi connectivity index (χ3n) is 3.38. The maximum Gasteiger partial charge on any atom is 0.333 e. The van der Waals surface area contributed by atoms with Crippen LogP contribution in [0, 0.1) is 10.1 Å². The van der Waals surface area contributed by atoms with Gasteiger partial charge in [0.1, 0.15) is 5.70 Å². The number of hydrogen-bond acceptors (Lipinski definition) is 5. The van der Waals surface area contributed by atoms with Crippen molar-refractivity contribution in [3.63, 3.8) is 0 Å². The minimum atomic E-state index is -0.796. The predicted octanol–water partition coefficient (Wildman–Crippen LogP) is 1.77. The normalized spacial score (nSPS) is 15.7. The number of nitro benzene ring substituents is 1. The lowest BCUT2D eigenvalue weighted by Gasteiger charge is -2.10. The number of urea groups is 1. The maximum absolute atomic E-state index is 12.4. The fourth-order valence-corrected chi connectivity index (χ4v) is 2.28. The van der Waals surface area contributed by atoms with Gasteiger partial charge in [-0.05, 0) is 29.5 Å². The summed E-state index contributed by atoms with van der Waals surface area (Å²) < 4.78 is 0. The minimum Gasteiger partial charge on any atom is -0.868 e. The van der Waals surface area contributed by atoms with Gasteiger partial charge in [0.25, 0.3) is 11.6 Å². The van der Waals surface area contributed by atoms with Crippen LogP contribution in [-0.2, 0) is 4.79 Å². The molecule has 3 amide bonds. The number of hydrogen-bond donors (Lipinski definition) is 1. The van der Waals surface area contributed by atoms with Crippen molar-refractivity contribution >= 4 is 29.4 Å². The number of nitrogens with one attached hydrogen (secondary N) is 1. The van der Waals surface area contributed by atoms with E-state index in [1.54, 1.807) is 30.3 Å². The molecule has 8 nitrogen and oxygen atoms in total. The van der Waals surface area contributed by atoms with Crippen molar-refractivity contribution in [1.29, 1.82) is 0 Å². The van der Waals surface area contributed by atoms with Gasteiger partial charge >= 0.3 is 6.03 Å². The van der Waals surface area contributed by atoms with E-state index in [1.807, 2.05) is 0 Å². The summed E-state index contributed by atoms with van der Waals surface area (Å²) in [5.74, 6) is -1.31. The van der Waals surface area contributed by atoms with Gasteiger partial charge in [0.05, 0.1) is 10.6 Å². The molecule has 0 saturated carbocycles. The molecule has 1 saturated heterocycles. The first-order chi connectivity index (χ1) is 11.5. The van der Waals surface area contributed by atoms with Gasteiger partial charge in [-0.1, -0.05) is 30.3 Å². The lowest BCUT2D eigenvalue weighted by Crippen LogP contribution is -2.30. The van der Waals surface area contributed by atoms with Gasteiger partial charge in [-0.3, -0.25) is 14.9 Å². The van der Waals surface area contributed by atoms with Crippen molar-refractivity contribution in [3.05, 3.63) is 69.9 Å². The van der Waals surface area contributed by atoms with E-state index in [2.05, 4.69) is 5.32 Å². The Bertz CT molecular complexity index is 877. The van der Waals surface area contributed by atoms with Gasteiger partial charge in [-0.2, -0.15) is 0 Å². The second kappa shape index (κ2) is 5.84. The van der Waals surface area contributed by atoms with Crippen molar-refractivity contribution in [2.45, 2.75) is 0 Å². The second-order valence-corrected chi connectivity index (χ2v) is 4.95. The topological polar surface area (TPSA) is 116 Å². The number of carbonyl (C=O) groups excluding carboxylic acids is 2. The number of imide groups is 1. The molecular weight excluding hydrogens is 314 g/mol. The Morgan fingerprint density at radius 2 is 1.79 bits per heavy atom. The summed E-state index contributed by atoms with van der Waals surface area (Å²) in [6.07, 6.45) is 1.29. The third-order valence-corrected chi connectivity index (χ3v) is 3.38. The summed E-state index contributed by atoms with van der Waals surface area (Å²) in [6, 6.07) is 11.2. The number of para-hydroxylation sites is 1. The van der Waals surface area contributed by atoms with E-state index in [4.69, 9.17) is 0 Å². The monoisotopic (exact) mass is 324 g/mol. The maximum atomic E-state index is 12.4. The zero-order valence-electron chi connectivity index (χ0n) is 12.1. The second-order valence-electron chi connectivity index (χ2n) is 4.95. The van der Waals surface area contributed by atoms with Crippen LogP contribution in [-0.4, -0.2) is 16.9 Å². The SMILES string of the molecule is O=C1N/C(=C/c2ccc([O-])c([N+](=O)[O-])c2)C(=O)N1c1ccccc1. The molecule has 2 aromatic carbocycles. The number of nitro groups is 1. The van der Waals surface area contributed by atoms with Gasteiger partial charge in [0.15, 0.2) is 0 Å². The molecule has 1 N–H and O–H groups in total. The molecule has 8 heteroatoms. The molecule has 24 heavy (non-hydrogen) atoms. The van der Waals surface area contributed by atoms with Crippen molar-refractivity contribution in [3.8, 4) is 5.75 Å². The van der Waals surface area contributed by atoms with Crippen molar-refractivity contribution in [2.75, 3.05) is 4.90 Å². The quantitative estimate of drug-likeness (QED) is 0.400. The van der Waals surface area contributed by atoms with Crippen LogP contribution < -0.4 is 15.3 Å². The summed E-state index contributed by atoms with van der Waals surface area (Å²) in [5.41, 5.74) is 0.0435. The van der Waals surface area contributed by atoms with Gasteiger partial charge < -0.3 is 10.4 Å². The highest BCUT2D eigenvalue weighted by atomic mass is 16.6.